The van der Waals surface area contributed by atoms with E-state index in [0.29, 0.717) is 31.8 Å². The number of hydrogen-bond donors (Lipinski definition) is 3. The third-order valence-electron chi connectivity index (χ3n) is 4.43. The number of benzene rings is 2. The molecule has 3 N–H and O–H groups in total. The molecule has 2 aromatic rings. The number of ether oxygens (including phenoxy) is 1. The standard InChI is InChI=1S/C20H29N3O2.C4H4O4/c1-16(2)23(20(24)21-12-13-22(3)4)14-15-25-19-11-7-9-17-8-5-6-10-18(17)19;5-3(6)1-2-4(7)8/h5-11,16H,12-15H2,1-4H3,(H,21,24);1-2H,(H,5,6)(H,7,8). The average Bonchev–Trinajstić information content (AvgIpc) is 2.75. The maximum absolute atomic E-state index is 12.4. The fourth-order valence-electron chi connectivity index (χ4n) is 2.80. The van der Waals surface area contributed by atoms with Crippen molar-refractivity contribution in [3.63, 3.8) is 0 Å². The first-order valence-corrected chi connectivity index (χ1v) is 10.6. The molecule has 9 nitrogen and oxygen atoms in total. The number of carbonyl (C=O) groups excluding carboxylic acids is 1. The van der Waals surface area contributed by atoms with Crippen LogP contribution in [0.25, 0.3) is 10.8 Å². The van der Waals surface area contributed by atoms with Gasteiger partial charge in [-0.15, -0.1) is 0 Å². The topological polar surface area (TPSA) is 119 Å². The molecule has 2 amide bonds. The minimum Gasteiger partial charge on any atom is -0.491 e. The number of hydrogen-bond acceptors (Lipinski definition) is 5. The SMILES string of the molecule is CC(C)N(CCOc1cccc2ccccc12)C(=O)NCCN(C)C.O=C(O)C=CC(=O)O. The highest BCUT2D eigenvalue weighted by atomic mass is 16.5. The van der Waals surface area contributed by atoms with Gasteiger partial charge < -0.3 is 30.1 Å². The summed E-state index contributed by atoms with van der Waals surface area (Å²) in [6, 6.07) is 14.3. The fraction of sp³-hybridized carbons (Fsp3) is 0.375. The van der Waals surface area contributed by atoms with E-state index in [1.54, 1.807) is 4.90 Å². The minimum atomic E-state index is -1.26. The Morgan fingerprint density at radius 2 is 1.58 bits per heavy atom. The molecule has 0 atom stereocenters. The summed E-state index contributed by atoms with van der Waals surface area (Å²) < 4.78 is 5.96. The lowest BCUT2D eigenvalue weighted by Gasteiger charge is -2.27. The van der Waals surface area contributed by atoms with E-state index in [9.17, 15) is 14.4 Å². The summed E-state index contributed by atoms with van der Waals surface area (Å²) >= 11 is 0. The van der Waals surface area contributed by atoms with Crippen LogP contribution in [0.5, 0.6) is 5.75 Å². The zero-order chi connectivity index (χ0) is 24.8. The van der Waals surface area contributed by atoms with Crippen LogP contribution in [0.15, 0.2) is 54.6 Å². The van der Waals surface area contributed by atoms with Gasteiger partial charge in [0.05, 0.1) is 6.54 Å². The maximum Gasteiger partial charge on any atom is 0.328 e. The van der Waals surface area contributed by atoms with E-state index in [2.05, 4.69) is 23.5 Å². The molecule has 0 spiro atoms. The van der Waals surface area contributed by atoms with Gasteiger partial charge >= 0.3 is 18.0 Å². The van der Waals surface area contributed by atoms with Crippen molar-refractivity contribution in [1.82, 2.24) is 15.1 Å². The van der Waals surface area contributed by atoms with Gasteiger partial charge in [0.25, 0.3) is 0 Å². The molecule has 0 saturated carbocycles. The molecule has 0 fully saturated rings. The Morgan fingerprint density at radius 1 is 0.970 bits per heavy atom. The number of likely N-dealkylation sites (N-methyl/N-ethyl adjacent to an activating group) is 1. The van der Waals surface area contributed by atoms with Crippen LogP contribution in [-0.4, -0.2) is 84.4 Å². The number of amides is 2. The molecule has 33 heavy (non-hydrogen) atoms. The normalized spacial score (nSPS) is 10.7. The van der Waals surface area contributed by atoms with Crippen molar-refractivity contribution >= 4 is 28.7 Å². The van der Waals surface area contributed by atoms with Crippen molar-refractivity contribution < 1.29 is 29.3 Å². The molecule has 2 rings (SSSR count). The van der Waals surface area contributed by atoms with Crippen LogP contribution < -0.4 is 10.1 Å². The molecule has 0 aliphatic heterocycles. The Hall–Kier alpha value is -3.59. The van der Waals surface area contributed by atoms with Gasteiger partial charge in [-0.1, -0.05) is 36.4 Å². The molecule has 2 aromatic carbocycles. The van der Waals surface area contributed by atoms with Crippen LogP contribution >= 0.6 is 0 Å². The molecular weight excluding hydrogens is 426 g/mol. The van der Waals surface area contributed by atoms with E-state index in [0.717, 1.165) is 23.1 Å². The molecule has 9 heteroatoms. The predicted octanol–water partition coefficient (Wildman–Crippen LogP) is 2.91. The molecule has 0 aliphatic carbocycles. The summed E-state index contributed by atoms with van der Waals surface area (Å²) in [5, 5.41) is 20.8. The lowest BCUT2D eigenvalue weighted by Crippen LogP contribution is -2.47. The number of aliphatic carboxylic acids is 2. The first-order chi connectivity index (χ1) is 15.6. The van der Waals surface area contributed by atoms with E-state index in [-0.39, 0.29) is 12.1 Å². The van der Waals surface area contributed by atoms with Gasteiger partial charge in [-0.2, -0.15) is 0 Å². The Kier molecular flexibility index (Phi) is 12.0. The lowest BCUT2D eigenvalue weighted by atomic mass is 10.1. The third kappa shape index (κ3) is 11.0. The van der Waals surface area contributed by atoms with Crippen molar-refractivity contribution in [2.24, 2.45) is 0 Å². The molecule has 180 valence electrons. The number of nitrogens with one attached hydrogen (secondary N) is 1. The molecule has 0 bridgehead atoms. The number of urea groups is 1. The van der Waals surface area contributed by atoms with Crippen LogP contribution in [0.4, 0.5) is 4.79 Å². The summed E-state index contributed by atoms with van der Waals surface area (Å²) in [5.74, 6) is -1.66. The lowest BCUT2D eigenvalue weighted by molar-refractivity contribution is -0.134. The van der Waals surface area contributed by atoms with Crippen LogP contribution in [0.1, 0.15) is 13.8 Å². The zero-order valence-electron chi connectivity index (χ0n) is 19.5. The van der Waals surface area contributed by atoms with E-state index in [1.165, 1.54) is 0 Å². The zero-order valence-corrected chi connectivity index (χ0v) is 19.5. The fourth-order valence-corrected chi connectivity index (χ4v) is 2.80. The smallest absolute Gasteiger partial charge is 0.328 e. The van der Waals surface area contributed by atoms with Gasteiger partial charge in [-0.25, -0.2) is 14.4 Å². The van der Waals surface area contributed by atoms with Gasteiger partial charge in [0.15, 0.2) is 0 Å². The molecule has 0 radical (unpaired) electrons. The highest BCUT2D eigenvalue weighted by molar-refractivity contribution is 5.89. The maximum atomic E-state index is 12.4. The summed E-state index contributed by atoms with van der Waals surface area (Å²) in [7, 11) is 3.98. The molecule has 0 aromatic heterocycles. The van der Waals surface area contributed by atoms with Crippen molar-refractivity contribution in [3.05, 3.63) is 54.6 Å². The van der Waals surface area contributed by atoms with Crippen LogP contribution in [0, 0.1) is 0 Å². The van der Waals surface area contributed by atoms with E-state index < -0.39 is 11.9 Å². The van der Waals surface area contributed by atoms with Gasteiger partial charge in [0.2, 0.25) is 0 Å². The summed E-state index contributed by atoms with van der Waals surface area (Å²) in [6.07, 6.45) is 1.12. The second-order valence-corrected chi connectivity index (χ2v) is 7.66. The number of carboxylic acid groups (broad SMARTS) is 2. The van der Waals surface area contributed by atoms with E-state index >= 15 is 0 Å². The van der Waals surface area contributed by atoms with Crippen molar-refractivity contribution in [3.8, 4) is 5.75 Å². The highest BCUT2D eigenvalue weighted by Crippen LogP contribution is 2.25. The van der Waals surface area contributed by atoms with Crippen molar-refractivity contribution in [2.45, 2.75) is 19.9 Å². The van der Waals surface area contributed by atoms with Gasteiger partial charge in [-0.05, 0) is 39.4 Å². The Labute approximate surface area is 194 Å². The van der Waals surface area contributed by atoms with Gasteiger partial charge in [0, 0.05) is 36.7 Å². The molecule has 0 heterocycles. The molecule has 0 saturated heterocycles. The second-order valence-electron chi connectivity index (χ2n) is 7.66. The minimum absolute atomic E-state index is 0.0432. The quantitative estimate of drug-likeness (QED) is 0.467. The van der Waals surface area contributed by atoms with Crippen LogP contribution in [-0.2, 0) is 9.59 Å². The van der Waals surface area contributed by atoms with E-state index in [4.69, 9.17) is 14.9 Å². The number of carboxylic acids is 2. The third-order valence-corrected chi connectivity index (χ3v) is 4.43. The van der Waals surface area contributed by atoms with Gasteiger partial charge in [-0.3, -0.25) is 0 Å². The molecule has 0 unspecified atom stereocenters. The number of rotatable bonds is 10. The first-order valence-electron chi connectivity index (χ1n) is 10.6. The molecule has 0 aliphatic rings. The summed E-state index contributed by atoms with van der Waals surface area (Å²) in [5.41, 5.74) is 0. The Morgan fingerprint density at radius 3 is 2.15 bits per heavy atom. The Balaban J connectivity index is 0.000000582. The summed E-state index contributed by atoms with van der Waals surface area (Å²) in [4.78, 5) is 35.3. The van der Waals surface area contributed by atoms with E-state index in [1.807, 2.05) is 57.1 Å². The monoisotopic (exact) mass is 459 g/mol. The summed E-state index contributed by atoms with van der Waals surface area (Å²) in [6.45, 7) is 6.51. The van der Waals surface area contributed by atoms with Gasteiger partial charge in [0.1, 0.15) is 12.4 Å². The van der Waals surface area contributed by atoms with Crippen LogP contribution in [0.3, 0.4) is 0 Å². The highest BCUT2D eigenvalue weighted by Gasteiger charge is 2.16. The number of nitrogens with zero attached hydrogens (tertiary/aromatic N) is 2. The first kappa shape index (κ1) is 27.4. The average molecular weight is 460 g/mol. The predicted molar refractivity (Wildman–Crippen MR) is 128 cm³/mol. The number of fused-ring (bicyclic) bond motifs is 1. The van der Waals surface area contributed by atoms with Crippen molar-refractivity contribution in [2.75, 3.05) is 40.3 Å². The number of carbonyl (C=O) groups is 3. The van der Waals surface area contributed by atoms with Crippen molar-refractivity contribution in [1.29, 1.82) is 0 Å². The van der Waals surface area contributed by atoms with Crippen LogP contribution in [0.2, 0.25) is 0 Å². The largest absolute Gasteiger partial charge is 0.491 e. The molecular formula is C24H33N3O6. The second kappa shape index (κ2) is 14.5. The Bertz CT molecular complexity index is 921.